The molecule has 3 aliphatic rings. The van der Waals surface area contributed by atoms with Crippen molar-refractivity contribution in [1.29, 1.82) is 0 Å². The van der Waals surface area contributed by atoms with E-state index >= 15 is 0 Å². The molecule has 0 aromatic heterocycles. The van der Waals surface area contributed by atoms with E-state index in [1.54, 1.807) is 34.1 Å². The van der Waals surface area contributed by atoms with Gasteiger partial charge in [0.25, 0.3) is 0 Å². The summed E-state index contributed by atoms with van der Waals surface area (Å²) in [4.78, 5) is 47.7. The summed E-state index contributed by atoms with van der Waals surface area (Å²) in [7, 11) is 0. The van der Waals surface area contributed by atoms with Gasteiger partial charge in [0.05, 0.1) is 37.2 Å². The molecule has 1 aromatic rings. The van der Waals surface area contributed by atoms with Crippen LogP contribution < -0.4 is 9.64 Å². The highest BCUT2D eigenvalue weighted by molar-refractivity contribution is 9.09. The van der Waals surface area contributed by atoms with Crippen LogP contribution in [-0.2, 0) is 19.1 Å². The minimum Gasteiger partial charge on any atom is -0.494 e. The minimum absolute atomic E-state index is 0.152. The van der Waals surface area contributed by atoms with Crippen LogP contribution in [0.15, 0.2) is 49.6 Å². The second-order valence-corrected chi connectivity index (χ2v) is 12.4. The fourth-order valence-electron chi connectivity index (χ4n) is 6.81. The maximum Gasteiger partial charge on any atom is 0.248 e. The number of benzene rings is 1. The van der Waals surface area contributed by atoms with Crippen LogP contribution in [0.2, 0.25) is 0 Å². The third-order valence-corrected chi connectivity index (χ3v) is 9.44. The van der Waals surface area contributed by atoms with Crippen molar-refractivity contribution in [1.82, 2.24) is 9.80 Å². The van der Waals surface area contributed by atoms with Crippen molar-refractivity contribution in [3.05, 3.63) is 49.6 Å². The summed E-state index contributed by atoms with van der Waals surface area (Å²) >= 11 is 3.74. The molecule has 3 heterocycles. The molecule has 1 spiro atoms. The molecule has 3 aliphatic heterocycles. The number of aliphatic hydroxyl groups excluding tert-OH is 1. The third kappa shape index (κ3) is 5.23. The number of carbonyl (C=O) groups excluding carboxylic acids is 3. The van der Waals surface area contributed by atoms with Crippen molar-refractivity contribution in [2.24, 2.45) is 11.8 Å². The van der Waals surface area contributed by atoms with Gasteiger partial charge >= 0.3 is 0 Å². The van der Waals surface area contributed by atoms with Gasteiger partial charge in [-0.1, -0.05) is 35.0 Å². The van der Waals surface area contributed by atoms with Crippen LogP contribution in [0.5, 0.6) is 5.75 Å². The topological polar surface area (TPSA) is 99.6 Å². The lowest BCUT2D eigenvalue weighted by atomic mass is 9.70. The number of hydrogen-bond acceptors (Lipinski definition) is 6. The first-order chi connectivity index (χ1) is 19.6. The first-order valence-corrected chi connectivity index (χ1v) is 15.3. The number of rotatable bonds is 13. The number of nitrogens with zero attached hydrogens (tertiary/aromatic N) is 3. The quantitative estimate of drug-likeness (QED) is 0.264. The van der Waals surface area contributed by atoms with E-state index in [-0.39, 0.29) is 41.7 Å². The molecule has 3 fully saturated rings. The molecule has 4 rings (SSSR count). The van der Waals surface area contributed by atoms with E-state index in [0.29, 0.717) is 37.4 Å². The average molecular weight is 633 g/mol. The largest absolute Gasteiger partial charge is 0.494 e. The maximum absolute atomic E-state index is 14.4. The van der Waals surface area contributed by atoms with Crippen LogP contribution in [0.3, 0.4) is 0 Å². The molecular weight excluding hydrogens is 590 g/mol. The normalized spacial score (nSPS) is 28.9. The fraction of sp³-hybridized carbons (Fsp3) is 0.581. The van der Waals surface area contributed by atoms with Gasteiger partial charge in [-0.15, -0.1) is 13.2 Å². The lowest BCUT2D eigenvalue weighted by molar-refractivity contribution is -0.152. The first-order valence-electron chi connectivity index (χ1n) is 14.4. The summed E-state index contributed by atoms with van der Waals surface area (Å²) in [6.45, 7) is 16.0. The summed E-state index contributed by atoms with van der Waals surface area (Å²) in [5.74, 6) is -1.84. The number of fused-ring (bicyclic) bond motifs is 1. The molecule has 9 nitrogen and oxygen atoms in total. The van der Waals surface area contributed by atoms with Crippen molar-refractivity contribution in [2.75, 3.05) is 31.2 Å². The second-order valence-electron chi connectivity index (χ2n) is 11.2. The zero-order chi connectivity index (χ0) is 30.1. The predicted octanol–water partition coefficient (Wildman–Crippen LogP) is 3.55. The van der Waals surface area contributed by atoms with E-state index in [9.17, 15) is 19.5 Å². The van der Waals surface area contributed by atoms with E-state index < -0.39 is 35.6 Å². The molecule has 0 radical (unpaired) electrons. The van der Waals surface area contributed by atoms with E-state index in [0.717, 1.165) is 0 Å². The number of amides is 3. The number of aliphatic hydroxyl groups is 1. The lowest BCUT2D eigenvalue weighted by Gasteiger charge is -2.40. The Bertz CT molecular complexity index is 1160. The van der Waals surface area contributed by atoms with Crippen molar-refractivity contribution < 1.29 is 29.0 Å². The van der Waals surface area contributed by atoms with E-state index in [1.165, 1.54) is 4.90 Å². The molecule has 10 heteroatoms. The Morgan fingerprint density at radius 1 is 1.20 bits per heavy atom. The van der Waals surface area contributed by atoms with Crippen LogP contribution >= 0.6 is 15.9 Å². The van der Waals surface area contributed by atoms with Crippen LogP contribution in [0.25, 0.3) is 0 Å². The summed E-state index contributed by atoms with van der Waals surface area (Å²) < 4.78 is 12.2. The Kier molecular flexibility index (Phi) is 9.66. The van der Waals surface area contributed by atoms with Crippen LogP contribution in [0.4, 0.5) is 5.69 Å². The van der Waals surface area contributed by atoms with Crippen LogP contribution in [-0.4, -0.2) is 93.6 Å². The number of halogens is 1. The molecule has 224 valence electrons. The molecule has 7 atom stereocenters. The van der Waals surface area contributed by atoms with Gasteiger partial charge in [-0.3, -0.25) is 14.4 Å². The fourth-order valence-corrected chi connectivity index (χ4v) is 7.75. The van der Waals surface area contributed by atoms with E-state index in [1.807, 2.05) is 39.8 Å². The molecule has 3 saturated heterocycles. The number of ether oxygens (including phenoxy) is 2. The van der Waals surface area contributed by atoms with Gasteiger partial charge in [0, 0.05) is 29.6 Å². The minimum atomic E-state index is -1.21. The maximum atomic E-state index is 14.4. The standard InChI is InChI=1S/C31H42BrN3O6/c1-7-15-33(19(5)6)30(39)27-31-17-23(32)26(41-31)24(25(31)29(38)35(27)20(9-3)18-36)28(37)34(16-8-2)21-11-13-22(14-12-21)40-10-4/h7-8,11-14,19-20,23-27,36H,1-2,9-10,15-18H2,3-6H3/t20-,23?,24-,25-,26-,27?,31?/m0/s1. The van der Waals surface area contributed by atoms with Gasteiger partial charge in [-0.05, 0) is 57.9 Å². The van der Waals surface area contributed by atoms with Gasteiger partial charge in [0.2, 0.25) is 17.7 Å². The Morgan fingerprint density at radius 2 is 1.85 bits per heavy atom. The Hall–Kier alpha value is -2.69. The number of alkyl halides is 1. The zero-order valence-electron chi connectivity index (χ0n) is 24.4. The highest BCUT2D eigenvalue weighted by Gasteiger charge is 2.77. The average Bonchev–Trinajstić information content (AvgIpc) is 3.54. The SMILES string of the molecule is C=CCN(C(=O)[C@H]1[C@H]2C(=O)N([C@@H](CC)CO)C(C(=O)N(CC=C)C(C)C)C23CC(Br)[C@@H]1O3)c1ccc(OCC)cc1. The highest BCUT2D eigenvalue weighted by Crippen LogP contribution is 2.61. The second kappa shape index (κ2) is 12.7. The molecule has 1 N–H and O–H groups in total. The monoisotopic (exact) mass is 631 g/mol. The Balaban J connectivity index is 1.79. The molecule has 41 heavy (non-hydrogen) atoms. The summed E-state index contributed by atoms with van der Waals surface area (Å²) in [5, 5.41) is 10.3. The summed E-state index contributed by atoms with van der Waals surface area (Å²) in [6, 6.07) is 5.52. The number of carbonyl (C=O) groups is 3. The van der Waals surface area contributed by atoms with Gasteiger partial charge in [-0.2, -0.15) is 0 Å². The predicted molar refractivity (Wildman–Crippen MR) is 161 cm³/mol. The highest BCUT2D eigenvalue weighted by atomic mass is 79.9. The zero-order valence-corrected chi connectivity index (χ0v) is 26.0. The summed E-state index contributed by atoms with van der Waals surface area (Å²) in [6.07, 6.45) is 3.57. The molecule has 0 aliphatic carbocycles. The molecule has 2 bridgehead atoms. The van der Waals surface area contributed by atoms with Gasteiger partial charge in [0.15, 0.2) is 0 Å². The Labute approximate surface area is 251 Å². The van der Waals surface area contributed by atoms with Crippen molar-refractivity contribution in [3.8, 4) is 5.75 Å². The first kappa shape index (κ1) is 31.3. The number of hydrogen-bond donors (Lipinski definition) is 1. The number of likely N-dealkylation sites (tertiary alicyclic amines) is 1. The summed E-state index contributed by atoms with van der Waals surface area (Å²) in [5.41, 5.74) is -0.557. The van der Waals surface area contributed by atoms with E-state index in [2.05, 4.69) is 29.1 Å². The van der Waals surface area contributed by atoms with Gasteiger partial charge in [-0.25, -0.2) is 0 Å². The molecular formula is C31H42BrN3O6. The van der Waals surface area contributed by atoms with Crippen molar-refractivity contribution in [2.45, 2.75) is 75.2 Å². The van der Waals surface area contributed by atoms with Crippen molar-refractivity contribution in [3.63, 3.8) is 0 Å². The molecule has 1 aromatic carbocycles. The molecule has 0 saturated carbocycles. The number of anilines is 1. The lowest BCUT2D eigenvalue weighted by Crippen LogP contribution is -2.60. The molecule has 3 amide bonds. The van der Waals surface area contributed by atoms with Crippen LogP contribution in [0, 0.1) is 11.8 Å². The van der Waals surface area contributed by atoms with Gasteiger partial charge in [0.1, 0.15) is 17.4 Å². The molecule has 3 unspecified atom stereocenters. The Morgan fingerprint density at radius 3 is 2.39 bits per heavy atom. The van der Waals surface area contributed by atoms with E-state index in [4.69, 9.17) is 9.47 Å². The van der Waals surface area contributed by atoms with Crippen molar-refractivity contribution >= 4 is 39.3 Å². The smallest absolute Gasteiger partial charge is 0.248 e. The van der Waals surface area contributed by atoms with Gasteiger partial charge < -0.3 is 29.3 Å². The van der Waals surface area contributed by atoms with Crippen LogP contribution in [0.1, 0.15) is 40.5 Å². The third-order valence-electron chi connectivity index (χ3n) is 8.59.